The van der Waals surface area contributed by atoms with Gasteiger partial charge in [-0.2, -0.15) is 0 Å². The molecule has 1 N–H and O–H groups in total. The van der Waals surface area contributed by atoms with Crippen LogP contribution in [-0.4, -0.2) is 52.5 Å². The van der Waals surface area contributed by atoms with E-state index in [1.807, 2.05) is 62.5 Å². The summed E-state index contributed by atoms with van der Waals surface area (Å²) in [5, 5.41) is 0. The number of hydrogen-bond donors (Lipinski definition) is 1. The zero-order valence-corrected chi connectivity index (χ0v) is 42.6. The van der Waals surface area contributed by atoms with Crippen molar-refractivity contribution in [1.82, 2.24) is 14.9 Å². The first-order chi connectivity index (χ1) is 32.3. The molecule has 3 aromatic rings. The van der Waals surface area contributed by atoms with E-state index in [0.29, 0.717) is 36.0 Å². The highest BCUT2D eigenvalue weighted by molar-refractivity contribution is 5.85. The number of allylic oxidation sites excluding steroid dienone is 1. The van der Waals surface area contributed by atoms with E-state index >= 15 is 4.79 Å². The molecule has 1 unspecified atom stereocenters. The van der Waals surface area contributed by atoms with Gasteiger partial charge in [0.15, 0.2) is 0 Å². The molecule has 0 bridgehead atoms. The normalized spacial score (nSPS) is 38.7. The van der Waals surface area contributed by atoms with Gasteiger partial charge in [0.2, 0.25) is 5.91 Å². The number of carbonyl (C=O) groups excluding carboxylic acids is 3. The maximum absolute atomic E-state index is 15.7. The molecule has 10 rings (SSSR count). The Morgan fingerprint density at radius 3 is 2.22 bits per heavy atom. The van der Waals surface area contributed by atoms with Crippen molar-refractivity contribution in [2.45, 2.75) is 158 Å². The number of H-pyrrole nitrogens is 1. The predicted octanol–water partition coefficient (Wildman–Crippen LogP) is 12.7. The van der Waals surface area contributed by atoms with Crippen molar-refractivity contribution in [1.29, 1.82) is 0 Å². The number of benzene rings is 2. The van der Waals surface area contributed by atoms with Gasteiger partial charge in [0.25, 0.3) is 0 Å². The first kappa shape index (κ1) is 47.3. The Labute approximate surface area is 406 Å². The second-order valence-corrected chi connectivity index (χ2v) is 25.0. The Hall–Kier alpha value is -4.40. The van der Waals surface area contributed by atoms with Crippen molar-refractivity contribution in [2.75, 3.05) is 13.7 Å². The van der Waals surface area contributed by atoms with Crippen molar-refractivity contribution in [3.63, 3.8) is 0 Å². The van der Waals surface area contributed by atoms with Crippen molar-refractivity contribution in [3.8, 4) is 17.0 Å². The molecule has 1 aromatic heterocycles. The van der Waals surface area contributed by atoms with E-state index in [1.165, 1.54) is 12.0 Å². The third-order valence-corrected chi connectivity index (χ3v) is 21.6. The second-order valence-electron chi connectivity index (χ2n) is 25.0. The maximum atomic E-state index is 15.7. The minimum Gasteiger partial charge on any atom is -0.497 e. The Bertz CT molecular complexity index is 2420. The number of nitrogens with zero attached hydrogens (tertiary/aromatic N) is 2. The minimum atomic E-state index is -0.526. The zero-order chi connectivity index (χ0) is 48.2. The monoisotopic (exact) mass is 926 g/mol. The van der Waals surface area contributed by atoms with Crippen molar-refractivity contribution in [2.24, 2.45) is 73.9 Å². The van der Waals surface area contributed by atoms with Gasteiger partial charge in [-0.3, -0.25) is 14.4 Å². The molecule has 0 radical (unpaired) electrons. The summed E-state index contributed by atoms with van der Waals surface area (Å²) >= 11 is 0. The average Bonchev–Trinajstić information content (AvgIpc) is 4.09. The SMILES string of the molecule is C=C(C)[C@@H]1CC[C@]2(C(=O)N3CCCC3c3ncc(-c4ccc(OC)cc4)[nH]3)CC[C@]3(C)[C@H](CC[C@@H]4[C@@]5(C)CC[C@H](OC(=O)[C@H]6C[C@@H](C(=O)OCc7ccccc7)C6(C)C)C(C)(C)[C@@H]5CC[C@]43C)[C@@H]12. The minimum absolute atomic E-state index is 0.0472. The summed E-state index contributed by atoms with van der Waals surface area (Å²) in [6, 6.07) is 17.8. The number of rotatable bonds is 10. The van der Waals surface area contributed by atoms with E-state index in [1.54, 1.807) is 7.11 Å². The standard InChI is InChI=1S/C59H79N3O6/c1-36(2)40-24-29-59(53(65)62-32-14-17-45(62)50-60-34-44(61-50)38-18-20-39(66-10)21-19-38)31-30-57(8)41(49(40)59)22-23-47-56(7)27-26-48(55(5,6)46(56)25-28-58(47,57)9)68-52(64)43-33-42(54(43,3)4)51(63)67-35-37-15-12-11-13-16-37/h11-13,15-16,18-21,34,40-43,45-49H,1,14,17,22-33,35H2,2-10H3,(H,60,61)/t40-,41+,42-,43+,45?,46-,47+,48-,49+,56-,57+,58+,59-/m0/s1. The van der Waals surface area contributed by atoms with Crippen LogP contribution in [0.1, 0.15) is 156 Å². The van der Waals surface area contributed by atoms with E-state index in [9.17, 15) is 9.59 Å². The fourth-order valence-electron chi connectivity index (χ4n) is 17.5. The molecule has 1 amide bonds. The number of nitrogens with one attached hydrogen (secondary N) is 1. The number of imidazole rings is 1. The number of aromatic nitrogens is 2. The predicted molar refractivity (Wildman–Crippen MR) is 265 cm³/mol. The lowest BCUT2D eigenvalue weighted by molar-refractivity contribution is -0.251. The van der Waals surface area contributed by atoms with Gasteiger partial charge in [0.1, 0.15) is 24.3 Å². The second kappa shape index (κ2) is 16.9. The molecule has 0 spiro atoms. The topological polar surface area (TPSA) is 111 Å². The van der Waals surface area contributed by atoms with E-state index < -0.39 is 5.41 Å². The summed E-state index contributed by atoms with van der Waals surface area (Å²) in [7, 11) is 1.68. The van der Waals surface area contributed by atoms with Crippen LogP contribution in [-0.2, 0) is 30.5 Å². The van der Waals surface area contributed by atoms with Crippen LogP contribution in [0.25, 0.3) is 11.3 Å². The quantitative estimate of drug-likeness (QED) is 0.159. The summed E-state index contributed by atoms with van der Waals surface area (Å²) in [6.45, 7) is 24.6. The number of esters is 2. The molecule has 366 valence electrons. The largest absolute Gasteiger partial charge is 0.497 e. The Balaban J connectivity index is 0.845. The van der Waals surface area contributed by atoms with Crippen molar-refractivity contribution in [3.05, 3.63) is 84.3 Å². The molecule has 9 nitrogen and oxygen atoms in total. The summed E-state index contributed by atoms with van der Waals surface area (Å²) in [5.74, 6) is 3.13. The number of methoxy groups -OCH3 is 1. The highest BCUT2D eigenvalue weighted by Gasteiger charge is 2.73. The average molecular weight is 926 g/mol. The molecule has 13 atom stereocenters. The van der Waals surface area contributed by atoms with Crippen LogP contribution in [0.15, 0.2) is 72.9 Å². The highest BCUT2D eigenvalue weighted by atomic mass is 16.5. The molecule has 1 saturated heterocycles. The fourth-order valence-corrected chi connectivity index (χ4v) is 17.5. The van der Waals surface area contributed by atoms with Gasteiger partial charge >= 0.3 is 11.9 Å². The van der Waals surface area contributed by atoms with Gasteiger partial charge in [-0.15, -0.1) is 0 Å². The van der Waals surface area contributed by atoms with E-state index in [2.05, 4.69) is 70.1 Å². The maximum Gasteiger partial charge on any atom is 0.309 e. The lowest BCUT2D eigenvalue weighted by Crippen LogP contribution is -2.67. The van der Waals surface area contributed by atoms with Gasteiger partial charge in [-0.1, -0.05) is 91.0 Å². The van der Waals surface area contributed by atoms with Gasteiger partial charge < -0.3 is 24.1 Å². The van der Waals surface area contributed by atoms with E-state index in [0.717, 1.165) is 106 Å². The van der Waals surface area contributed by atoms with Crippen LogP contribution in [0, 0.1) is 73.9 Å². The summed E-state index contributed by atoms with van der Waals surface area (Å²) in [4.78, 5) is 53.8. The van der Waals surface area contributed by atoms with Crippen LogP contribution >= 0.6 is 0 Å². The fraction of sp³-hybridized carbons (Fsp3) is 0.661. The van der Waals surface area contributed by atoms with Crippen LogP contribution in [0.5, 0.6) is 5.75 Å². The number of carbonyl (C=O) groups is 3. The highest BCUT2D eigenvalue weighted by Crippen LogP contribution is 2.78. The van der Waals surface area contributed by atoms with Gasteiger partial charge in [-0.05, 0) is 177 Å². The lowest BCUT2D eigenvalue weighted by atomic mass is 9.32. The molecule has 2 aromatic carbocycles. The zero-order valence-electron chi connectivity index (χ0n) is 42.6. The molecule has 1 aliphatic heterocycles. The van der Waals surface area contributed by atoms with E-state index in [-0.39, 0.29) is 75.5 Å². The first-order valence-corrected chi connectivity index (χ1v) is 26.4. The van der Waals surface area contributed by atoms with E-state index in [4.69, 9.17) is 19.2 Å². The number of aromatic amines is 1. The van der Waals surface area contributed by atoms with Crippen LogP contribution in [0.3, 0.4) is 0 Å². The molecule has 2 heterocycles. The van der Waals surface area contributed by atoms with Gasteiger partial charge in [-0.25, -0.2) is 4.98 Å². The molecule has 6 aliphatic carbocycles. The molecule has 6 saturated carbocycles. The number of amides is 1. The summed E-state index contributed by atoms with van der Waals surface area (Å²) in [5.41, 5.74) is 3.47. The molecule has 7 fully saturated rings. The number of ether oxygens (including phenoxy) is 3. The number of hydrogen-bond acceptors (Lipinski definition) is 7. The Kier molecular flexibility index (Phi) is 11.7. The molecule has 7 aliphatic rings. The summed E-state index contributed by atoms with van der Waals surface area (Å²) in [6.07, 6.45) is 14.7. The van der Waals surface area contributed by atoms with Crippen molar-refractivity contribution < 1.29 is 28.6 Å². The third-order valence-electron chi connectivity index (χ3n) is 21.6. The Morgan fingerprint density at radius 2 is 1.51 bits per heavy atom. The molecular formula is C59H79N3O6. The third kappa shape index (κ3) is 7.09. The number of fused-ring (bicyclic) bond motifs is 7. The lowest BCUT2D eigenvalue weighted by Gasteiger charge is -2.73. The van der Waals surface area contributed by atoms with Gasteiger partial charge in [0.05, 0.1) is 42.3 Å². The number of likely N-dealkylation sites (tertiary alicyclic amines) is 1. The smallest absolute Gasteiger partial charge is 0.309 e. The molecule has 68 heavy (non-hydrogen) atoms. The summed E-state index contributed by atoms with van der Waals surface area (Å²) < 4.78 is 17.8. The van der Waals surface area contributed by atoms with Crippen molar-refractivity contribution >= 4 is 17.8 Å². The Morgan fingerprint density at radius 1 is 0.779 bits per heavy atom. The van der Waals surface area contributed by atoms with Gasteiger partial charge in [0, 0.05) is 12.0 Å². The molecular weight excluding hydrogens is 847 g/mol. The van der Waals surface area contributed by atoms with Crippen LogP contribution < -0.4 is 4.74 Å². The van der Waals surface area contributed by atoms with Crippen LogP contribution in [0.4, 0.5) is 0 Å². The first-order valence-electron chi connectivity index (χ1n) is 26.4. The van der Waals surface area contributed by atoms with Crippen LogP contribution in [0.2, 0.25) is 0 Å². The molecule has 9 heteroatoms.